The molecule has 2 saturated carbocycles. The van der Waals surface area contributed by atoms with E-state index >= 15 is 0 Å². The highest BCUT2D eigenvalue weighted by Gasteiger charge is 2.53. The molecule has 0 saturated heterocycles. The SMILES string of the molecule is CNc1cccc(-c2cccc(NC(=O)c3nc4c(n3C)CCN(CCC35CCC(C=O)(CC3)C5)C4)c2Cl)c1C. The maximum atomic E-state index is 13.4. The van der Waals surface area contributed by atoms with Gasteiger partial charge in [-0.05, 0) is 80.7 Å². The lowest BCUT2D eigenvalue weighted by molar-refractivity contribution is -0.115. The molecule has 2 bridgehead atoms. The maximum absolute atomic E-state index is 13.4. The molecular weight excluding hydrogens is 522 g/mol. The normalized spacial score (nSPS) is 23.7. The van der Waals surface area contributed by atoms with Gasteiger partial charge in [0.2, 0.25) is 0 Å². The Labute approximate surface area is 241 Å². The minimum absolute atomic E-state index is 0.0314. The maximum Gasteiger partial charge on any atom is 0.291 e. The molecular formula is C32H38ClN5O2. The summed E-state index contributed by atoms with van der Waals surface area (Å²) >= 11 is 6.85. The molecule has 3 aromatic rings. The number of nitrogens with one attached hydrogen (secondary N) is 2. The third-order valence-electron chi connectivity index (χ3n) is 9.92. The second-order valence-corrected chi connectivity index (χ2v) is 12.5. The van der Waals surface area contributed by atoms with Crippen LogP contribution in [0.1, 0.15) is 66.1 Å². The van der Waals surface area contributed by atoms with Crippen LogP contribution in [-0.2, 0) is 24.8 Å². The quantitative estimate of drug-likeness (QED) is 0.319. The van der Waals surface area contributed by atoms with Crippen LogP contribution in [0.25, 0.3) is 11.1 Å². The van der Waals surface area contributed by atoms with Gasteiger partial charge in [-0.25, -0.2) is 4.98 Å². The van der Waals surface area contributed by atoms with E-state index in [1.165, 1.54) is 19.1 Å². The number of rotatable bonds is 8. The lowest BCUT2D eigenvalue weighted by Crippen LogP contribution is -2.34. The van der Waals surface area contributed by atoms with E-state index in [0.717, 1.165) is 85.5 Å². The Balaban J connectivity index is 1.15. The van der Waals surface area contributed by atoms with Gasteiger partial charge in [0.1, 0.15) is 6.29 Å². The van der Waals surface area contributed by atoms with Gasteiger partial charge in [0, 0.05) is 56.0 Å². The van der Waals surface area contributed by atoms with Crippen molar-refractivity contribution in [3.63, 3.8) is 0 Å². The van der Waals surface area contributed by atoms with E-state index in [0.29, 0.717) is 21.9 Å². The number of amides is 1. The van der Waals surface area contributed by atoms with Crippen LogP contribution in [0.3, 0.4) is 0 Å². The zero-order valence-corrected chi connectivity index (χ0v) is 24.4. The standard InChI is InChI=1S/C32H38ClN5O2/c1-21-22(6-4-8-24(21)34-2)23-7-5-9-25(28(23)33)36-30(40)29-35-26-18-38(16-10-27(26)37(29)3)17-15-31-11-13-32(19-31,20-39)14-12-31/h4-9,20,34H,10-19H2,1-3H3,(H,36,40). The molecule has 1 aliphatic heterocycles. The van der Waals surface area contributed by atoms with E-state index in [1.807, 2.05) is 55.1 Å². The third kappa shape index (κ3) is 4.63. The molecule has 1 aromatic heterocycles. The van der Waals surface area contributed by atoms with Crippen molar-refractivity contribution in [1.82, 2.24) is 14.5 Å². The zero-order valence-electron chi connectivity index (χ0n) is 23.6. The van der Waals surface area contributed by atoms with Crippen molar-refractivity contribution < 1.29 is 9.59 Å². The predicted octanol–water partition coefficient (Wildman–Crippen LogP) is 6.24. The summed E-state index contributed by atoms with van der Waals surface area (Å²) in [5.74, 6) is 0.145. The van der Waals surface area contributed by atoms with Crippen LogP contribution in [0.2, 0.25) is 5.02 Å². The van der Waals surface area contributed by atoms with E-state index in [2.05, 4.69) is 22.5 Å². The Hall–Kier alpha value is -3.16. The number of benzene rings is 2. The Bertz CT molecular complexity index is 1470. The van der Waals surface area contributed by atoms with Crippen molar-refractivity contribution in [3.8, 4) is 11.1 Å². The Morgan fingerprint density at radius 1 is 1.10 bits per heavy atom. The molecule has 1 amide bonds. The third-order valence-corrected chi connectivity index (χ3v) is 10.3. The fourth-order valence-electron chi connectivity index (χ4n) is 7.46. The van der Waals surface area contributed by atoms with Crippen LogP contribution < -0.4 is 10.6 Å². The number of imidazole rings is 1. The van der Waals surface area contributed by atoms with Crippen LogP contribution in [0.15, 0.2) is 36.4 Å². The van der Waals surface area contributed by atoms with Gasteiger partial charge < -0.3 is 20.0 Å². The summed E-state index contributed by atoms with van der Waals surface area (Å²) in [6, 6.07) is 11.8. The molecule has 8 heteroatoms. The molecule has 0 spiro atoms. The summed E-state index contributed by atoms with van der Waals surface area (Å²) in [6.45, 7) is 4.79. The fourth-order valence-corrected chi connectivity index (χ4v) is 7.74. The van der Waals surface area contributed by atoms with Gasteiger partial charge in [-0.15, -0.1) is 0 Å². The van der Waals surface area contributed by atoms with Crippen molar-refractivity contribution in [3.05, 3.63) is 64.2 Å². The molecule has 2 N–H and O–H groups in total. The molecule has 2 fully saturated rings. The summed E-state index contributed by atoms with van der Waals surface area (Å²) in [5.41, 5.74) is 7.02. The average molecular weight is 560 g/mol. The first-order valence-electron chi connectivity index (χ1n) is 14.4. The first-order valence-corrected chi connectivity index (χ1v) is 14.8. The summed E-state index contributed by atoms with van der Waals surface area (Å²) in [5, 5.41) is 6.75. The van der Waals surface area contributed by atoms with E-state index < -0.39 is 0 Å². The van der Waals surface area contributed by atoms with Crippen LogP contribution in [0.4, 0.5) is 11.4 Å². The molecule has 210 valence electrons. The zero-order chi connectivity index (χ0) is 28.1. The number of fused-ring (bicyclic) bond motifs is 3. The predicted molar refractivity (Wildman–Crippen MR) is 160 cm³/mol. The molecule has 2 aliphatic carbocycles. The molecule has 2 heterocycles. The van der Waals surface area contributed by atoms with Gasteiger partial charge >= 0.3 is 0 Å². The Morgan fingerprint density at radius 2 is 1.82 bits per heavy atom. The number of carbonyl (C=O) groups is 2. The van der Waals surface area contributed by atoms with Gasteiger partial charge in [0.15, 0.2) is 5.82 Å². The summed E-state index contributed by atoms with van der Waals surface area (Å²) in [4.78, 5) is 32.4. The number of aromatic nitrogens is 2. The highest BCUT2D eigenvalue weighted by Crippen LogP contribution is 2.62. The highest BCUT2D eigenvalue weighted by molar-refractivity contribution is 6.36. The minimum Gasteiger partial charge on any atom is -0.388 e. The lowest BCUT2D eigenvalue weighted by atomic mass is 9.80. The van der Waals surface area contributed by atoms with Gasteiger partial charge in [-0.3, -0.25) is 9.69 Å². The number of hydrogen-bond acceptors (Lipinski definition) is 5. The number of hydrogen-bond donors (Lipinski definition) is 2. The number of anilines is 2. The van der Waals surface area contributed by atoms with Crippen molar-refractivity contribution >= 4 is 35.2 Å². The van der Waals surface area contributed by atoms with Crippen LogP contribution in [0.5, 0.6) is 0 Å². The summed E-state index contributed by atoms with van der Waals surface area (Å²) in [7, 11) is 3.83. The smallest absolute Gasteiger partial charge is 0.291 e. The van der Waals surface area contributed by atoms with E-state index in [-0.39, 0.29) is 11.3 Å². The summed E-state index contributed by atoms with van der Waals surface area (Å²) < 4.78 is 1.94. The molecule has 0 atom stereocenters. The van der Waals surface area contributed by atoms with Crippen LogP contribution in [-0.4, -0.2) is 46.8 Å². The Kier molecular flexibility index (Phi) is 6.99. The van der Waals surface area contributed by atoms with Gasteiger partial charge in [-0.2, -0.15) is 0 Å². The van der Waals surface area contributed by atoms with Crippen LogP contribution in [0, 0.1) is 17.8 Å². The van der Waals surface area contributed by atoms with Crippen molar-refractivity contribution in [2.45, 2.75) is 58.4 Å². The van der Waals surface area contributed by atoms with E-state index in [9.17, 15) is 9.59 Å². The minimum atomic E-state index is -0.260. The number of carbonyl (C=O) groups excluding carboxylic acids is 2. The van der Waals surface area contributed by atoms with Crippen molar-refractivity contribution in [2.75, 3.05) is 30.8 Å². The molecule has 3 aliphatic rings. The van der Waals surface area contributed by atoms with Crippen molar-refractivity contribution in [1.29, 1.82) is 0 Å². The average Bonchev–Trinajstić information content (AvgIpc) is 3.64. The van der Waals surface area contributed by atoms with E-state index in [4.69, 9.17) is 16.6 Å². The monoisotopic (exact) mass is 559 g/mol. The van der Waals surface area contributed by atoms with Crippen molar-refractivity contribution in [2.24, 2.45) is 17.9 Å². The molecule has 2 aromatic carbocycles. The highest BCUT2D eigenvalue weighted by atomic mass is 35.5. The first kappa shape index (κ1) is 27.0. The molecule has 7 nitrogen and oxygen atoms in total. The van der Waals surface area contributed by atoms with E-state index in [1.54, 1.807) is 0 Å². The van der Waals surface area contributed by atoms with Crippen LogP contribution >= 0.6 is 11.6 Å². The van der Waals surface area contributed by atoms with Gasteiger partial charge in [0.25, 0.3) is 5.91 Å². The Morgan fingerprint density at radius 3 is 2.52 bits per heavy atom. The number of aldehydes is 1. The summed E-state index contributed by atoms with van der Waals surface area (Å²) in [6.07, 6.45) is 8.81. The molecule has 0 radical (unpaired) electrons. The topological polar surface area (TPSA) is 79.3 Å². The second-order valence-electron chi connectivity index (χ2n) is 12.2. The second kappa shape index (κ2) is 10.3. The van der Waals surface area contributed by atoms with Gasteiger partial charge in [0.05, 0.1) is 16.4 Å². The number of nitrogens with zero attached hydrogens (tertiary/aromatic N) is 3. The fraction of sp³-hybridized carbons (Fsp3) is 0.469. The lowest BCUT2D eigenvalue weighted by Gasteiger charge is -2.32. The van der Waals surface area contributed by atoms with Gasteiger partial charge in [-0.1, -0.05) is 35.9 Å². The molecule has 0 unspecified atom stereocenters. The molecule has 6 rings (SSSR count). The first-order chi connectivity index (χ1) is 19.3. The largest absolute Gasteiger partial charge is 0.388 e. The number of halogens is 1. The molecule has 40 heavy (non-hydrogen) atoms.